The summed E-state index contributed by atoms with van der Waals surface area (Å²) in [6, 6.07) is 55.3. The van der Waals surface area contributed by atoms with E-state index >= 15 is 0 Å². The molecule has 0 saturated carbocycles. The third kappa shape index (κ3) is 7.20. The molecule has 0 unspecified atom stereocenters. The van der Waals surface area contributed by atoms with Gasteiger partial charge in [0, 0.05) is 33.4 Å². The van der Waals surface area contributed by atoms with Gasteiger partial charge in [-0.05, 0) is 27.7 Å². The molecule has 0 spiro atoms. The SMILES string of the molecule is Cc1ccc(C(=N/C(=C(/N=C(c2ccc(C)cc2)c2ccc(C)cc2)c2ccccc2)c2ccccc2)c2ccc(C)cc2)cc1. The highest BCUT2D eigenvalue weighted by atomic mass is 14.9. The number of aliphatic imine (C=N–C) groups is 2. The molecule has 224 valence electrons. The van der Waals surface area contributed by atoms with E-state index in [1.54, 1.807) is 0 Å². The predicted octanol–water partition coefficient (Wildman–Crippen LogP) is 10.8. The first-order valence-corrected chi connectivity index (χ1v) is 15.8. The summed E-state index contributed by atoms with van der Waals surface area (Å²) in [7, 11) is 0. The van der Waals surface area contributed by atoms with E-state index in [2.05, 4.69) is 173 Å². The van der Waals surface area contributed by atoms with Gasteiger partial charge in [-0.3, -0.25) is 0 Å². The van der Waals surface area contributed by atoms with Crippen LogP contribution in [0.3, 0.4) is 0 Å². The molecule has 0 N–H and O–H groups in total. The summed E-state index contributed by atoms with van der Waals surface area (Å²) >= 11 is 0. The monoisotopic (exact) mass is 594 g/mol. The maximum atomic E-state index is 5.58. The van der Waals surface area contributed by atoms with Crippen molar-refractivity contribution < 1.29 is 0 Å². The van der Waals surface area contributed by atoms with Gasteiger partial charge in [0.05, 0.1) is 22.8 Å². The molecule has 2 nitrogen and oxygen atoms in total. The van der Waals surface area contributed by atoms with E-state index in [1.165, 1.54) is 22.3 Å². The molecule has 0 radical (unpaired) electrons. The molecule has 6 aromatic rings. The van der Waals surface area contributed by atoms with E-state index in [4.69, 9.17) is 9.98 Å². The van der Waals surface area contributed by atoms with Crippen LogP contribution in [0.4, 0.5) is 0 Å². The number of nitrogens with zero attached hydrogens (tertiary/aromatic N) is 2. The zero-order chi connectivity index (χ0) is 31.9. The van der Waals surface area contributed by atoms with Crippen LogP contribution in [0.2, 0.25) is 0 Å². The Balaban J connectivity index is 1.72. The second-order valence-corrected chi connectivity index (χ2v) is 11.8. The van der Waals surface area contributed by atoms with E-state index in [1.807, 2.05) is 12.1 Å². The number of hydrogen-bond donors (Lipinski definition) is 0. The van der Waals surface area contributed by atoms with Gasteiger partial charge in [0.25, 0.3) is 0 Å². The molecule has 46 heavy (non-hydrogen) atoms. The third-order valence-electron chi connectivity index (χ3n) is 8.07. The van der Waals surface area contributed by atoms with Crippen molar-refractivity contribution in [2.24, 2.45) is 9.98 Å². The Morgan fingerprint density at radius 1 is 0.283 bits per heavy atom. The van der Waals surface area contributed by atoms with E-state index in [9.17, 15) is 0 Å². The second kappa shape index (κ2) is 14.0. The molecule has 0 aromatic heterocycles. The Hall–Kier alpha value is -5.60. The summed E-state index contributed by atoms with van der Waals surface area (Å²) in [4.78, 5) is 11.2. The van der Waals surface area contributed by atoms with Crippen LogP contribution in [0.25, 0.3) is 11.4 Å². The topological polar surface area (TPSA) is 24.7 Å². The summed E-state index contributed by atoms with van der Waals surface area (Å²) in [5, 5.41) is 0. The van der Waals surface area contributed by atoms with Gasteiger partial charge in [0.15, 0.2) is 0 Å². The molecule has 0 fully saturated rings. The molecule has 0 saturated heterocycles. The van der Waals surface area contributed by atoms with Gasteiger partial charge in [-0.1, -0.05) is 180 Å². The second-order valence-electron chi connectivity index (χ2n) is 11.8. The Bertz CT molecular complexity index is 1750. The predicted molar refractivity (Wildman–Crippen MR) is 196 cm³/mol. The van der Waals surface area contributed by atoms with Crippen LogP contribution in [-0.2, 0) is 0 Å². The molecule has 0 amide bonds. The summed E-state index contributed by atoms with van der Waals surface area (Å²) in [6.07, 6.45) is 0. The van der Waals surface area contributed by atoms with Crippen molar-refractivity contribution in [2.75, 3.05) is 0 Å². The molecule has 2 heteroatoms. The first-order chi connectivity index (χ1) is 22.4. The molecular formula is C44H38N2. The quantitative estimate of drug-likeness (QED) is 0.124. The van der Waals surface area contributed by atoms with Gasteiger partial charge >= 0.3 is 0 Å². The third-order valence-corrected chi connectivity index (χ3v) is 8.07. The molecule has 0 aliphatic carbocycles. The van der Waals surface area contributed by atoms with Crippen molar-refractivity contribution >= 4 is 22.8 Å². The van der Waals surface area contributed by atoms with Gasteiger partial charge in [-0.15, -0.1) is 0 Å². The molecule has 0 aliphatic rings. The zero-order valence-corrected chi connectivity index (χ0v) is 26.9. The molecule has 0 bridgehead atoms. The summed E-state index contributed by atoms with van der Waals surface area (Å²) in [6.45, 7) is 8.45. The Labute approximate surface area is 273 Å². The van der Waals surface area contributed by atoms with Gasteiger partial charge in [0.1, 0.15) is 0 Å². The molecular weight excluding hydrogens is 556 g/mol. The highest BCUT2D eigenvalue weighted by Gasteiger charge is 2.17. The summed E-state index contributed by atoms with van der Waals surface area (Å²) < 4.78 is 0. The highest BCUT2D eigenvalue weighted by molar-refractivity contribution is 6.18. The van der Waals surface area contributed by atoms with Crippen LogP contribution in [0.1, 0.15) is 55.6 Å². The Kier molecular flexibility index (Phi) is 9.27. The largest absolute Gasteiger partial charge is 0.245 e. The fourth-order valence-electron chi connectivity index (χ4n) is 5.36. The van der Waals surface area contributed by atoms with E-state index in [0.29, 0.717) is 0 Å². The van der Waals surface area contributed by atoms with Gasteiger partial charge < -0.3 is 0 Å². The Morgan fingerprint density at radius 2 is 0.522 bits per heavy atom. The van der Waals surface area contributed by atoms with Crippen molar-refractivity contribution in [1.29, 1.82) is 0 Å². The number of rotatable bonds is 8. The average Bonchev–Trinajstić information content (AvgIpc) is 3.09. The maximum Gasteiger partial charge on any atom is 0.0972 e. The first kappa shape index (κ1) is 30.4. The highest BCUT2D eigenvalue weighted by Crippen LogP contribution is 2.32. The van der Waals surface area contributed by atoms with Crippen molar-refractivity contribution in [1.82, 2.24) is 0 Å². The van der Waals surface area contributed by atoms with Crippen LogP contribution in [0, 0.1) is 27.7 Å². The lowest BCUT2D eigenvalue weighted by atomic mass is 9.98. The van der Waals surface area contributed by atoms with Crippen molar-refractivity contribution in [2.45, 2.75) is 27.7 Å². The lowest BCUT2D eigenvalue weighted by Crippen LogP contribution is -2.07. The van der Waals surface area contributed by atoms with E-state index in [-0.39, 0.29) is 0 Å². The van der Waals surface area contributed by atoms with Crippen LogP contribution < -0.4 is 0 Å². The van der Waals surface area contributed by atoms with Crippen molar-refractivity contribution in [3.63, 3.8) is 0 Å². The summed E-state index contributed by atoms with van der Waals surface area (Å²) in [5.74, 6) is 0. The van der Waals surface area contributed by atoms with Gasteiger partial charge in [-0.2, -0.15) is 0 Å². The molecule has 0 atom stereocenters. The van der Waals surface area contributed by atoms with E-state index < -0.39 is 0 Å². The minimum Gasteiger partial charge on any atom is -0.245 e. The van der Waals surface area contributed by atoms with Crippen LogP contribution in [0.15, 0.2) is 168 Å². The molecule has 6 aromatic carbocycles. The Morgan fingerprint density at radius 3 is 0.761 bits per heavy atom. The zero-order valence-electron chi connectivity index (χ0n) is 26.9. The van der Waals surface area contributed by atoms with Gasteiger partial charge in [-0.25, -0.2) is 9.98 Å². The maximum absolute atomic E-state index is 5.58. The lowest BCUT2D eigenvalue weighted by Gasteiger charge is -2.16. The molecule has 0 heterocycles. The minimum absolute atomic E-state index is 0.805. The fraction of sp³-hybridized carbons (Fsp3) is 0.0909. The number of aryl methyl sites for hydroxylation is 4. The number of hydrogen-bond acceptors (Lipinski definition) is 2. The van der Waals surface area contributed by atoms with Gasteiger partial charge in [0.2, 0.25) is 0 Å². The average molecular weight is 595 g/mol. The standard InChI is InChI=1S/C44H38N2/c1-31-15-23-37(24-16-31)41(38-25-17-32(2)18-26-38)45-43(35-11-7-5-8-12-35)44(36-13-9-6-10-14-36)46-42(39-27-19-33(3)20-28-39)40-29-21-34(4)22-30-40/h5-30H,1-4H3/b44-43+. The molecule has 6 rings (SSSR count). The first-order valence-electron chi connectivity index (χ1n) is 15.8. The molecule has 0 aliphatic heterocycles. The van der Waals surface area contributed by atoms with Crippen molar-refractivity contribution in [3.8, 4) is 0 Å². The fourth-order valence-corrected chi connectivity index (χ4v) is 5.36. The van der Waals surface area contributed by atoms with Crippen LogP contribution >= 0.6 is 0 Å². The van der Waals surface area contributed by atoms with Crippen molar-refractivity contribution in [3.05, 3.63) is 213 Å². The van der Waals surface area contributed by atoms with E-state index in [0.717, 1.165) is 56.2 Å². The summed E-state index contributed by atoms with van der Waals surface area (Å²) in [5.41, 5.74) is 14.4. The smallest absolute Gasteiger partial charge is 0.0972 e. The van der Waals surface area contributed by atoms with Crippen LogP contribution in [0.5, 0.6) is 0 Å². The number of benzene rings is 6. The normalized spacial score (nSPS) is 11.4. The van der Waals surface area contributed by atoms with Crippen LogP contribution in [-0.4, -0.2) is 11.4 Å². The minimum atomic E-state index is 0.805. The lowest BCUT2D eigenvalue weighted by molar-refractivity contribution is 1.39.